The second-order valence-electron chi connectivity index (χ2n) is 6.19. The molecular weight excluding hydrogens is 252 g/mol. The van der Waals surface area contributed by atoms with Crippen LogP contribution in [0.5, 0.6) is 5.75 Å². The van der Waals surface area contributed by atoms with Gasteiger partial charge in [-0.2, -0.15) is 0 Å². The fourth-order valence-corrected chi connectivity index (χ4v) is 2.78. The SMILES string of the molecule is NC(Cc1ccc(O)cc1)C(=O)NC(C1CC1)C1CC1. The van der Waals surface area contributed by atoms with E-state index in [4.69, 9.17) is 5.73 Å². The lowest BCUT2D eigenvalue weighted by Gasteiger charge is -2.20. The van der Waals surface area contributed by atoms with Crippen LogP contribution in [0.15, 0.2) is 24.3 Å². The van der Waals surface area contributed by atoms with Gasteiger partial charge in [-0.15, -0.1) is 0 Å². The molecule has 2 fully saturated rings. The molecule has 0 aromatic heterocycles. The third kappa shape index (κ3) is 3.31. The summed E-state index contributed by atoms with van der Waals surface area (Å²) >= 11 is 0. The van der Waals surface area contributed by atoms with Gasteiger partial charge in [-0.1, -0.05) is 12.1 Å². The first-order valence-corrected chi connectivity index (χ1v) is 7.47. The van der Waals surface area contributed by atoms with E-state index >= 15 is 0 Å². The Bertz CT molecular complexity index is 466. The van der Waals surface area contributed by atoms with Gasteiger partial charge < -0.3 is 16.2 Å². The van der Waals surface area contributed by atoms with Gasteiger partial charge >= 0.3 is 0 Å². The Hall–Kier alpha value is -1.55. The van der Waals surface area contributed by atoms with E-state index < -0.39 is 6.04 Å². The molecule has 1 atom stereocenters. The molecule has 2 saturated carbocycles. The molecule has 0 radical (unpaired) electrons. The molecule has 4 heteroatoms. The van der Waals surface area contributed by atoms with Gasteiger partial charge in [-0.25, -0.2) is 0 Å². The Labute approximate surface area is 119 Å². The molecule has 1 amide bonds. The van der Waals surface area contributed by atoms with Crippen molar-refractivity contribution < 1.29 is 9.90 Å². The van der Waals surface area contributed by atoms with E-state index in [9.17, 15) is 9.90 Å². The van der Waals surface area contributed by atoms with Crippen molar-refractivity contribution in [3.8, 4) is 5.75 Å². The monoisotopic (exact) mass is 274 g/mol. The predicted molar refractivity (Wildman–Crippen MR) is 77.2 cm³/mol. The number of carbonyl (C=O) groups is 1. The zero-order chi connectivity index (χ0) is 14.1. The molecule has 1 aromatic rings. The van der Waals surface area contributed by atoms with E-state index in [2.05, 4.69) is 5.32 Å². The lowest BCUT2D eigenvalue weighted by atomic mass is 10.0. The highest BCUT2D eigenvalue weighted by atomic mass is 16.3. The van der Waals surface area contributed by atoms with Crippen LogP contribution in [0, 0.1) is 11.8 Å². The molecule has 3 rings (SSSR count). The number of nitrogens with two attached hydrogens (primary N) is 1. The third-order valence-corrected chi connectivity index (χ3v) is 4.30. The van der Waals surface area contributed by atoms with Crippen molar-refractivity contribution in [2.24, 2.45) is 17.6 Å². The minimum Gasteiger partial charge on any atom is -0.508 e. The zero-order valence-electron chi connectivity index (χ0n) is 11.6. The second kappa shape index (κ2) is 5.44. The van der Waals surface area contributed by atoms with Gasteiger partial charge in [0.2, 0.25) is 5.91 Å². The Balaban J connectivity index is 1.54. The summed E-state index contributed by atoms with van der Waals surface area (Å²) in [6.45, 7) is 0. The summed E-state index contributed by atoms with van der Waals surface area (Å²) in [7, 11) is 0. The van der Waals surface area contributed by atoms with Crippen molar-refractivity contribution in [2.75, 3.05) is 0 Å². The van der Waals surface area contributed by atoms with Gasteiger partial charge in [0.15, 0.2) is 0 Å². The molecule has 2 aliphatic carbocycles. The van der Waals surface area contributed by atoms with Crippen molar-refractivity contribution in [3.05, 3.63) is 29.8 Å². The van der Waals surface area contributed by atoms with E-state index in [0.717, 1.165) is 5.56 Å². The first-order chi connectivity index (χ1) is 9.63. The van der Waals surface area contributed by atoms with Crippen LogP contribution in [-0.2, 0) is 11.2 Å². The van der Waals surface area contributed by atoms with Crippen LogP contribution in [0.3, 0.4) is 0 Å². The maximum Gasteiger partial charge on any atom is 0.237 e. The maximum atomic E-state index is 12.2. The number of rotatable bonds is 6. The van der Waals surface area contributed by atoms with E-state index in [-0.39, 0.29) is 11.7 Å². The summed E-state index contributed by atoms with van der Waals surface area (Å²) < 4.78 is 0. The first kappa shape index (κ1) is 13.4. The Morgan fingerprint density at radius 1 is 1.20 bits per heavy atom. The second-order valence-corrected chi connectivity index (χ2v) is 6.19. The fraction of sp³-hybridized carbons (Fsp3) is 0.562. The number of hydrogen-bond donors (Lipinski definition) is 3. The fourth-order valence-electron chi connectivity index (χ4n) is 2.78. The van der Waals surface area contributed by atoms with Gasteiger partial charge in [-0.3, -0.25) is 4.79 Å². The molecule has 4 N–H and O–H groups in total. The van der Waals surface area contributed by atoms with E-state index in [1.807, 2.05) is 12.1 Å². The summed E-state index contributed by atoms with van der Waals surface area (Å²) in [4.78, 5) is 12.2. The first-order valence-electron chi connectivity index (χ1n) is 7.47. The average Bonchev–Trinajstić information content (AvgIpc) is 3.29. The lowest BCUT2D eigenvalue weighted by Crippen LogP contribution is -2.48. The molecule has 0 heterocycles. The summed E-state index contributed by atoms with van der Waals surface area (Å²) in [5.41, 5.74) is 6.97. The summed E-state index contributed by atoms with van der Waals surface area (Å²) in [5.74, 6) is 1.57. The number of nitrogens with one attached hydrogen (secondary N) is 1. The number of carbonyl (C=O) groups excluding carboxylic acids is 1. The molecule has 0 bridgehead atoms. The van der Waals surface area contributed by atoms with Gasteiger partial charge in [0.05, 0.1) is 6.04 Å². The standard InChI is InChI=1S/C16H22N2O2/c17-14(9-10-1-7-13(19)8-2-10)16(20)18-15(11-3-4-11)12-5-6-12/h1-2,7-8,11-12,14-15,19H,3-6,9,17H2,(H,18,20). The minimum absolute atomic E-state index is 0.0399. The Morgan fingerprint density at radius 3 is 2.25 bits per heavy atom. The van der Waals surface area contributed by atoms with Crippen LogP contribution >= 0.6 is 0 Å². The van der Waals surface area contributed by atoms with Crippen LogP contribution in [-0.4, -0.2) is 23.1 Å². The number of phenols is 1. The van der Waals surface area contributed by atoms with Crippen LogP contribution in [0.2, 0.25) is 0 Å². The van der Waals surface area contributed by atoms with Gasteiger partial charge in [0.1, 0.15) is 5.75 Å². The topological polar surface area (TPSA) is 75.3 Å². The highest BCUT2D eigenvalue weighted by Gasteiger charge is 2.42. The van der Waals surface area contributed by atoms with Crippen molar-refractivity contribution >= 4 is 5.91 Å². The normalized spacial score (nSPS) is 19.9. The minimum atomic E-state index is -0.514. The molecule has 0 aliphatic heterocycles. The van der Waals surface area contributed by atoms with Crippen LogP contribution in [0.4, 0.5) is 0 Å². The number of amides is 1. The Morgan fingerprint density at radius 2 is 1.75 bits per heavy atom. The number of benzene rings is 1. The number of aromatic hydroxyl groups is 1. The van der Waals surface area contributed by atoms with E-state index in [1.165, 1.54) is 25.7 Å². The van der Waals surface area contributed by atoms with Gasteiger partial charge in [-0.05, 0) is 61.6 Å². The molecule has 1 aromatic carbocycles. The van der Waals surface area contributed by atoms with Crippen LogP contribution in [0.1, 0.15) is 31.2 Å². The molecule has 0 saturated heterocycles. The summed E-state index contributed by atoms with van der Waals surface area (Å²) in [6, 6.07) is 6.70. The third-order valence-electron chi connectivity index (χ3n) is 4.30. The predicted octanol–water partition coefficient (Wildman–Crippen LogP) is 1.57. The number of hydrogen-bond acceptors (Lipinski definition) is 3. The van der Waals surface area contributed by atoms with E-state index in [1.54, 1.807) is 12.1 Å². The highest BCUT2D eigenvalue weighted by molar-refractivity contribution is 5.82. The summed E-state index contributed by atoms with van der Waals surface area (Å²) in [5, 5.41) is 12.4. The molecule has 20 heavy (non-hydrogen) atoms. The molecular formula is C16H22N2O2. The highest BCUT2D eigenvalue weighted by Crippen LogP contribution is 2.44. The molecule has 2 aliphatic rings. The largest absolute Gasteiger partial charge is 0.508 e. The maximum absolute atomic E-state index is 12.2. The quantitative estimate of drug-likeness (QED) is 0.737. The van der Waals surface area contributed by atoms with Crippen LogP contribution in [0.25, 0.3) is 0 Å². The average molecular weight is 274 g/mol. The smallest absolute Gasteiger partial charge is 0.237 e. The van der Waals surface area contributed by atoms with Gasteiger partial charge in [0.25, 0.3) is 0 Å². The van der Waals surface area contributed by atoms with Crippen molar-refractivity contribution in [3.63, 3.8) is 0 Å². The zero-order valence-corrected chi connectivity index (χ0v) is 11.6. The molecule has 0 spiro atoms. The van der Waals surface area contributed by atoms with Gasteiger partial charge in [0, 0.05) is 6.04 Å². The molecule has 1 unspecified atom stereocenters. The lowest BCUT2D eigenvalue weighted by molar-refractivity contribution is -0.123. The van der Waals surface area contributed by atoms with Crippen LogP contribution < -0.4 is 11.1 Å². The number of phenolic OH excluding ortho intramolecular Hbond substituents is 1. The Kier molecular flexibility index (Phi) is 3.66. The van der Waals surface area contributed by atoms with Crippen molar-refractivity contribution in [2.45, 2.75) is 44.2 Å². The molecule has 4 nitrogen and oxygen atoms in total. The van der Waals surface area contributed by atoms with E-state index in [0.29, 0.717) is 24.3 Å². The molecule has 108 valence electrons. The summed E-state index contributed by atoms with van der Waals surface area (Å²) in [6.07, 6.45) is 5.49. The van der Waals surface area contributed by atoms with Crippen molar-refractivity contribution in [1.29, 1.82) is 0 Å². The van der Waals surface area contributed by atoms with Crippen molar-refractivity contribution in [1.82, 2.24) is 5.32 Å².